The predicted octanol–water partition coefficient (Wildman–Crippen LogP) is 2.34. The molecule has 0 spiro atoms. The van der Waals surface area contributed by atoms with Gasteiger partial charge in [-0.15, -0.1) is 0 Å². The van der Waals surface area contributed by atoms with Crippen molar-refractivity contribution in [1.29, 1.82) is 0 Å². The summed E-state index contributed by atoms with van der Waals surface area (Å²) in [6.07, 6.45) is 5.47. The lowest BCUT2D eigenvalue weighted by Crippen LogP contribution is -2.49. The van der Waals surface area contributed by atoms with E-state index in [0.717, 1.165) is 31.5 Å². The summed E-state index contributed by atoms with van der Waals surface area (Å²) < 4.78 is 5.51. The first-order valence-electron chi connectivity index (χ1n) is 8.95. The summed E-state index contributed by atoms with van der Waals surface area (Å²) in [6, 6.07) is 10.2. The number of amides is 1. The Bertz CT molecular complexity index is 491. The third-order valence-corrected chi connectivity index (χ3v) is 5.27. The van der Waals surface area contributed by atoms with Crippen LogP contribution in [-0.4, -0.2) is 50.2 Å². The van der Waals surface area contributed by atoms with Gasteiger partial charge in [-0.3, -0.25) is 4.79 Å². The zero-order valence-corrected chi connectivity index (χ0v) is 13.9. The highest BCUT2D eigenvalue weighted by atomic mass is 16.5. The van der Waals surface area contributed by atoms with Crippen LogP contribution >= 0.6 is 0 Å². The van der Waals surface area contributed by atoms with Gasteiger partial charge in [0.25, 0.3) is 0 Å². The Balaban J connectivity index is 1.61. The van der Waals surface area contributed by atoms with E-state index >= 15 is 0 Å². The van der Waals surface area contributed by atoms with Gasteiger partial charge in [-0.05, 0) is 44.3 Å². The molecule has 1 amide bonds. The maximum absolute atomic E-state index is 13.0. The standard InChI is InChI=1S/C19H28N2O2/c22-18(20-11-14-21-12-5-2-6-13-21)19(9-15-23-16-10-19)17-7-3-1-4-8-17/h1,3-4,7-8H,2,5-6,9-16H2,(H,20,22). The molecule has 2 saturated heterocycles. The van der Waals surface area contributed by atoms with Crippen molar-refractivity contribution in [3.63, 3.8) is 0 Å². The maximum atomic E-state index is 13.0. The Morgan fingerprint density at radius 1 is 1.09 bits per heavy atom. The van der Waals surface area contributed by atoms with Crippen molar-refractivity contribution in [2.45, 2.75) is 37.5 Å². The monoisotopic (exact) mass is 316 g/mol. The van der Waals surface area contributed by atoms with Crippen LogP contribution < -0.4 is 5.32 Å². The molecule has 0 bridgehead atoms. The molecule has 0 aliphatic carbocycles. The van der Waals surface area contributed by atoms with Crippen molar-refractivity contribution in [3.05, 3.63) is 35.9 Å². The molecule has 0 atom stereocenters. The number of carbonyl (C=O) groups excluding carboxylic acids is 1. The minimum atomic E-state index is -0.415. The fourth-order valence-corrected chi connectivity index (χ4v) is 3.80. The zero-order chi connectivity index (χ0) is 16.0. The summed E-state index contributed by atoms with van der Waals surface area (Å²) in [6.45, 7) is 5.38. The van der Waals surface area contributed by atoms with Crippen molar-refractivity contribution in [3.8, 4) is 0 Å². The first-order chi connectivity index (χ1) is 11.3. The second-order valence-electron chi connectivity index (χ2n) is 6.72. The molecule has 1 aromatic rings. The van der Waals surface area contributed by atoms with Gasteiger partial charge in [-0.1, -0.05) is 36.8 Å². The smallest absolute Gasteiger partial charge is 0.230 e. The SMILES string of the molecule is O=C(NCCN1CCCCC1)C1(c2ccccc2)CCOCC1. The van der Waals surface area contributed by atoms with E-state index in [2.05, 4.69) is 22.3 Å². The van der Waals surface area contributed by atoms with Crippen LogP contribution in [0.1, 0.15) is 37.7 Å². The number of nitrogens with zero attached hydrogens (tertiary/aromatic N) is 1. The highest BCUT2D eigenvalue weighted by molar-refractivity contribution is 5.88. The van der Waals surface area contributed by atoms with E-state index in [0.29, 0.717) is 13.2 Å². The number of carbonyl (C=O) groups is 1. The Hall–Kier alpha value is -1.39. The largest absolute Gasteiger partial charge is 0.381 e. The van der Waals surface area contributed by atoms with Crippen LogP contribution in [0, 0.1) is 0 Å². The fourth-order valence-electron chi connectivity index (χ4n) is 3.80. The molecule has 1 aromatic carbocycles. The Morgan fingerprint density at radius 3 is 2.48 bits per heavy atom. The van der Waals surface area contributed by atoms with E-state index in [1.165, 1.54) is 32.4 Å². The summed E-state index contributed by atoms with van der Waals surface area (Å²) in [7, 11) is 0. The molecule has 4 nitrogen and oxygen atoms in total. The lowest BCUT2D eigenvalue weighted by atomic mass is 9.73. The molecule has 126 valence electrons. The summed E-state index contributed by atoms with van der Waals surface area (Å²) >= 11 is 0. The molecule has 0 saturated carbocycles. The molecule has 3 rings (SSSR count). The van der Waals surface area contributed by atoms with Crippen LogP contribution in [0.2, 0.25) is 0 Å². The summed E-state index contributed by atoms with van der Waals surface area (Å²) in [4.78, 5) is 15.4. The van der Waals surface area contributed by atoms with E-state index in [-0.39, 0.29) is 5.91 Å². The van der Waals surface area contributed by atoms with E-state index in [9.17, 15) is 4.79 Å². The van der Waals surface area contributed by atoms with Crippen LogP contribution in [0.5, 0.6) is 0 Å². The number of benzene rings is 1. The molecule has 0 radical (unpaired) electrons. The van der Waals surface area contributed by atoms with Crippen molar-refractivity contribution in [2.24, 2.45) is 0 Å². The number of hydrogen-bond donors (Lipinski definition) is 1. The molecular weight excluding hydrogens is 288 g/mol. The molecule has 0 unspecified atom stereocenters. The predicted molar refractivity (Wildman–Crippen MR) is 91.5 cm³/mol. The lowest BCUT2D eigenvalue weighted by Gasteiger charge is -2.36. The zero-order valence-electron chi connectivity index (χ0n) is 13.9. The quantitative estimate of drug-likeness (QED) is 0.906. The first kappa shape index (κ1) is 16.5. The number of rotatable bonds is 5. The number of hydrogen-bond acceptors (Lipinski definition) is 3. The van der Waals surface area contributed by atoms with Crippen LogP contribution in [0.3, 0.4) is 0 Å². The van der Waals surface area contributed by atoms with Crippen molar-refractivity contribution >= 4 is 5.91 Å². The molecule has 2 aliphatic rings. The lowest BCUT2D eigenvalue weighted by molar-refractivity contribution is -0.130. The molecule has 2 aliphatic heterocycles. The third kappa shape index (κ3) is 3.93. The summed E-state index contributed by atoms with van der Waals surface area (Å²) in [5.74, 6) is 0.170. The fraction of sp³-hybridized carbons (Fsp3) is 0.632. The summed E-state index contributed by atoms with van der Waals surface area (Å²) in [5, 5.41) is 3.20. The highest BCUT2D eigenvalue weighted by Gasteiger charge is 2.41. The van der Waals surface area contributed by atoms with Crippen LogP contribution in [0.25, 0.3) is 0 Å². The third-order valence-electron chi connectivity index (χ3n) is 5.27. The van der Waals surface area contributed by atoms with Gasteiger partial charge in [0.15, 0.2) is 0 Å². The molecule has 1 N–H and O–H groups in total. The van der Waals surface area contributed by atoms with E-state index < -0.39 is 5.41 Å². The minimum absolute atomic E-state index is 0.170. The van der Waals surface area contributed by atoms with E-state index in [1.807, 2.05) is 18.2 Å². The number of ether oxygens (including phenoxy) is 1. The number of piperidine rings is 1. The van der Waals surface area contributed by atoms with E-state index in [1.54, 1.807) is 0 Å². The minimum Gasteiger partial charge on any atom is -0.381 e. The second kappa shape index (κ2) is 7.93. The van der Waals surface area contributed by atoms with Gasteiger partial charge in [0.05, 0.1) is 5.41 Å². The van der Waals surface area contributed by atoms with Crippen molar-refractivity contribution in [1.82, 2.24) is 10.2 Å². The molecule has 23 heavy (non-hydrogen) atoms. The highest BCUT2D eigenvalue weighted by Crippen LogP contribution is 2.35. The Morgan fingerprint density at radius 2 is 1.78 bits per heavy atom. The van der Waals surface area contributed by atoms with Gasteiger partial charge in [0.1, 0.15) is 0 Å². The van der Waals surface area contributed by atoms with Crippen LogP contribution in [0.15, 0.2) is 30.3 Å². The Labute approximate surface area is 139 Å². The maximum Gasteiger partial charge on any atom is 0.230 e. The van der Waals surface area contributed by atoms with Gasteiger partial charge < -0.3 is 15.0 Å². The normalized spacial score (nSPS) is 21.7. The topological polar surface area (TPSA) is 41.6 Å². The van der Waals surface area contributed by atoms with E-state index in [4.69, 9.17) is 4.74 Å². The average Bonchev–Trinajstić information content (AvgIpc) is 2.64. The van der Waals surface area contributed by atoms with Crippen molar-refractivity contribution < 1.29 is 9.53 Å². The molecule has 4 heteroatoms. The number of likely N-dealkylation sites (tertiary alicyclic amines) is 1. The molecule has 0 aromatic heterocycles. The van der Waals surface area contributed by atoms with Crippen LogP contribution in [0.4, 0.5) is 0 Å². The van der Waals surface area contributed by atoms with Gasteiger partial charge in [0.2, 0.25) is 5.91 Å². The first-order valence-corrected chi connectivity index (χ1v) is 8.95. The summed E-state index contributed by atoms with van der Waals surface area (Å²) in [5.41, 5.74) is 0.709. The second-order valence-corrected chi connectivity index (χ2v) is 6.72. The van der Waals surface area contributed by atoms with Crippen LogP contribution in [-0.2, 0) is 14.9 Å². The van der Waals surface area contributed by atoms with Gasteiger partial charge >= 0.3 is 0 Å². The van der Waals surface area contributed by atoms with Gasteiger partial charge in [0, 0.05) is 26.3 Å². The number of nitrogens with one attached hydrogen (secondary N) is 1. The Kier molecular flexibility index (Phi) is 5.68. The van der Waals surface area contributed by atoms with Gasteiger partial charge in [-0.2, -0.15) is 0 Å². The van der Waals surface area contributed by atoms with Crippen molar-refractivity contribution in [2.75, 3.05) is 39.4 Å². The molecule has 2 heterocycles. The molecule has 2 fully saturated rings. The van der Waals surface area contributed by atoms with Gasteiger partial charge in [-0.25, -0.2) is 0 Å². The average molecular weight is 316 g/mol. The molecular formula is C19H28N2O2.